The van der Waals surface area contributed by atoms with Crippen molar-refractivity contribution in [1.29, 1.82) is 0 Å². The number of methoxy groups -OCH3 is 1. The summed E-state index contributed by atoms with van der Waals surface area (Å²) < 4.78 is 33.1. The van der Waals surface area contributed by atoms with Gasteiger partial charge in [-0.25, -0.2) is 8.42 Å². The molecule has 26 heavy (non-hydrogen) atoms. The fourth-order valence-corrected chi connectivity index (χ4v) is 4.90. The fourth-order valence-electron chi connectivity index (χ4n) is 2.88. The lowest BCUT2D eigenvalue weighted by Crippen LogP contribution is -2.39. The van der Waals surface area contributed by atoms with Crippen LogP contribution >= 0.6 is 0 Å². The van der Waals surface area contributed by atoms with Crippen LogP contribution in [-0.2, 0) is 14.8 Å². The van der Waals surface area contributed by atoms with Gasteiger partial charge in [0.05, 0.1) is 17.7 Å². The maximum atomic E-state index is 13.5. The maximum absolute atomic E-state index is 13.5. The van der Waals surface area contributed by atoms with Gasteiger partial charge in [-0.2, -0.15) is 0 Å². The molecule has 0 aromatic heterocycles. The Bertz CT molecular complexity index is 909. The van der Waals surface area contributed by atoms with E-state index < -0.39 is 22.5 Å². The molecule has 0 aliphatic rings. The normalized spacial score (nSPS) is 11.3. The summed E-state index contributed by atoms with van der Waals surface area (Å²) in [5, 5.41) is 0. The molecule has 0 spiro atoms. The highest BCUT2D eigenvalue weighted by atomic mass is 32.2. The van der Waals surface area contributed by atoms with Crippen molar-refractivity contribution in [2.24, 2.45) is 5.73 Å². The van der Waals surface area contributed by atoms with Crippen LogP contribution in [0.15, 0.2) is 35.2 Å². The number of hydrogen-bond acceptors (Lipinski definition) is 4. The second kappa shape index (κ2) is 7.37. The molecule has 0 unspecified atom stereocenters. The largest absolute Gasteiger partial charge is 0.497 e. The van der Waals surface area contributed by atoms with Crippen molar-refractivity contribution in [2.45, 2.75) is 32.6 Å². The number of sulfonamides is 1. The first kappa shape index (κ1) is 19.8. The Labute approximate surface area is 154 Å². The van der Waals surface area contributed by atoms with E-state index in [2.05, 4.69) is 0 Å². The highest BCUT2D eigenvalue weighted by Gasteiger charge is 2.30. The van der Waals surface area contributed by atoms with Crippen LogP contribution in [0.25, 0.3) is 0 Å². The van der Waals surface area contributed by atoms with Crippen molar-refractivity contribution in [3.8, 4) is 5.75 Å². The Balaban J connectivity index is 2.69. The lowest BCUT2D eigenvalue weighted by molar-refractivity contribution is -0.116. The molecule has 140 valence electrons. The van der Waals surface area contributed by atoms with Gasteiger partial charge in [-0.3, -0.25) is 9.10 Å². The van der Waals surface area contributed by atoms with Crippen molar-refractivity contribution >= 4 is 21.6 Å². The number of primary amides is 1. The van der Waals surface area contributed by atoms with E-state index in [-0.39, 0.29) is 4.90 Å². The zero-order valence-electron chi connectivity index (χ0n) is 15.7. The van der Waals surface area contributed by atoms with Gasteiger partial charge in [0.1, 0.15) is 12.3 Å². The monoisotopic (exact) mass is 376 g/mol. The summed E-state index contributed by atoms with van der Waals surface area (Å²) in [5.74, 6) is -0.145. The third kappa shape index (κ3) is 3.67. The Hall–Kier alpha value is -2.54. The zero-order valence-corrected chi connectivity index (χ0v) is 16.5. The van der Waals surface area contributed by atoms with Gasteiger partial charge in [0.15, 0.2) is 0 Å². The van der Waals surface area contributed by atoms with Crippen molar-refractivity contribution in [3.63, 3.8) is 0 Å². The molecule has 2 rings (SSSR count). The third-order valence-corrected chi connectivity index (χ3v) is 6.55. The molecule has 0 saturated carbocycles. The molecule has 0 aliphatic carbocycles. The summed E-state index contributed by atoms with van der Waals surface area (Å²) in [6, 6.07) is 8.41. The topological polar surface area (TPSA) is 89.7 Å². The lowest BCUT2D eigenvalue weighted by atomic mass is 10.0. The summed E-state index contributed by atoms with van der Waals surface area (Å²) in [7, 11) is -2.46. The first-order valence-electron chi connectivity index (χ1n) is 8.12. The average molecular weight is 376 g/mol. The van der Waals surface area contributed by atoms with Gasteiger partial charge in [-0.15, -0.1) is 0 Å². The average Bonchev–Trinajstić information content (AvgIpc) is 2.58. The van der Waals surface area contributed by atoms with Crippen LogP contribution in [0, 0.1) is 27.7 Å². The predicted molar refractivity (Wildman–Crippen MR) is 102 cm³/mol. The van der Waals surface area contributed by atoms with Crippen LogP contribution in [0.5, 0.6) is 5.75 Å². The minimum Gasteiger partial charge on any atom is -0.497 e. The van der Waals surface area contributed by atoms with Crippen LogP contribution < -0.4 is 14.8 Å². The smallest absolute Gasteiger partial charge is 0.265 e. The molecule has 2 aromatic rings. The number of amides is 1. The summed E-state index contributed by atoms with van der Waals surface area (Å²) in [4.78, 5) is 11.8. The van der Waals surface area contributed by atoms with Crippen molar-refractivity contribution in [2.75, 3.05) is 18.0 Å². The predicted octanol–water partition coefficient (Wildman–Crippen LogP) is 2.61. The SMILES string of the molecule is COc1ccc(N(CC(N)=O)S(=O)(=O)c2c(C)c(C)cc(C)c2C)cc1. The van der Waals surface area contributed by atoms with Gasteiger partial charge < -0.3 is 10.5 Å². The van der Waals surface area contributed by atoms with E-state index >= 15 is 0 Å². The van der Waals surface area contributed by atoms with Gasteiger partial charge >= 0.3 is 0 Å². The third-order valence-electron chi connectivity index (χ3n) is 4.51. The molecule has 1 amide bonds. The molecule has 0 atom stereocenters. The van der Waals surface area contributed by atoms with Gasteiger partial charge in [0.25, 0.3) is 10.0 Å². The van der Waals surface area contributed by atoms with Crippen LogP contribution in [0.1, 0.15) is 22.3 Å². The maximum Gasteiger partial charge on any atom is 0.265 e. The van der Waals surface area contributed by atoms with E-state index in [1.54, 1.807) is 38.1 Å². The molecule has 0 aliphatic heterocycles. The Morgan fingerprint density at radius 1 is 1.04 bits per heavy atom. The molecule has 0 fully saturated rings. The van der Waals surface area contributed by atoms with Crippen LogP contribution in [0.2, 0.25) is 0 Å². The number of benzene rings is 2. The van der Waals surface area contributed by atoms with Gasteiger partial charge in [0.2, 0.25) is 5.91 Å². The zero-order chi connectivity index (χ0) is 19.6. The summed E-state index contributed by atoms with van der Waals surface area (Å²) in [5.41, 5.74) is 8.75. The van der Waals surface area contributed by atoms with Crippen LogP contribution in [0.3, 0.4) is 0 Å². The highest BCUT2D eigenvalue weighted by Crippen LogP contribution is 2.32. The minimum atomic E-state index is -3.98. The van der Waals surface area contributed by atoms with Crippen LogP contribution in [0.4, 0.5) is 5.69 Å². The number of carbonyl (C=O) groups is 1. The molecule has 2 N–H and O–H groups in total. The van der Waals surface area contributed by atoms with Gasteiger partial charge in [0, 0.05) is 0 Å². The molecule has 0 heterocycles. The summed E-state index contributed by atoms with van der Waals surface area (Å²) in [6.07, 6.45) is 0. The molecule has 2 aromatic carbocycles. The van der Waals surface area contributed by atoms with Crippen LogP contribution in [-0.4, -0.2) is 28.0 Å². The molecule has 0 saturated heterocycles. The molecular weight excluding hydrogens is 352 g/mol. The van der Waals surface area contributed by atoms with Gasteiger partial charge in [-0.1, -0.05) is 6.07 Å². The number of nitrogens with zero attached hydrogens (tertiary/aromatic N) is 1. The van der Waals surface area contributed by atoms with E-state index in [0.717, 1.165) is 15.4 Å². The lowest BCUT2D eigenvalue weighted by Gasteiger charge is -2.26. The number of aryl methyl sites for hydroxylation is 2. The van der Waals surface area contributed by atoms with Crippen molar-refractivity contribution in [3.05, 3.63) is 52.6 Å². The Kier molecular flexibility index (Phi) is 5.61. The standard InChI is InChI=1S/C19H24N2O4S/c1-12-10-13(2)15(4)19(14(12)3)26(23,24)21(11-18(20)22)16-6-8-17(25-5)9-7-16/h6-10H,11H2,1-5H3,(H2,20,22). The van der Waals surface area contributed by atoms with E-state index in [9.17, 15) is 13.2 Å². The number of nitrogens with two attached hydrogens (primary N) is 1. The summed E-state index contributed by atoms with van der Waals surface area (Å²) >= 11 is 0. The Morgan fingerprint density at radius 3 is 1.96 bits per heavy atom. The molecule has 7 heteroatoms. The van der Waals surface area contributed by atoms with Gasteiger partial charge in [-0.05, 0) is 74.2 Å². The van der Waals surface area contributed by atoms with E-state index in [4.69, 9.17) is 10.5 Å². The van der Waals surface area contributed by atoms with Crippen molar-refractivity contribution in [1.82, 2.24) is 0 Å². The van der Waals surface area contributed by atoms with Crippen molar-refractivity contribution < 1.29 is 17.9 Å². The van der Waals surface area contributed by atoms with E-state index in [0.29, 0.717) is 22.6 Å². The second-order valence-corrected chi connectivity index (χ2v) is 8.06. The molecule has 0 radical (unpaired) electrons. The van der Waals surface area contributed by atoms with E-state index in [1.165, 1.54) is 7.11 Å². The Morgan fingerprint density at radius 2 is 1.54 bits per heavy atom. The number of rotatable bonds is 6. The summed E-state index contributed by atoms with van der Waals surface area (Å²) in [6.45, 7) is 6.83. The fraction of sp³-hybridized carbons (Fsp3) is 0.316. The minimum absolute atomic E-state index is 0.215. The second-order valence-electron chi connectivity index (χ2n) is 6.27. The number of anilines is 1. The quantitative estimate of drug-likeness (QED) is 0.839. The molecule has 0 bridgehead atoms. The molecule has 6 nitrogen and oxygen atoms in total. The highest BCUT2D eigenvalue weighted by molar-refractivity contribution is 7.93. The first-order chi connectivity index (χ1) is 12.1. The van der Waals surface area contributed by atoms with E-state index in [1.807, 2.05) is 19.9 Å². The number of hydrogen-bond donors (Lipinski definition) is 1. The first-order valence-corrected chi connectivity index (χ1v) is 9.56. The molecular formula is C19H24N2O4S. The number of carbonyl (C=O) groups excluding carboxylic acids is 1. The number of ether oxygens (including phenoxy) is 1.